The van der Waals surface area contributed by atoms with Gasteiger partial charge in [-0.2, -0.15) is 0 Å². The summed E-state index contributed by atoms with van der Waals surface area (Å²) < 4.78 is 26.8. The van der Waals surface area contributed by atoms with Crippen LogP contribution in [-0.2, 0) is 20.9 Å². The van der Waals surface area contributed by atoms with Crippen LogP contribution < -0.4 is 5.32 Å². The van der Waals surface area contributed by atoms with Gasteiger partial charge < -0.3 is 20.2 Å². The molecule has 1 aromatic carbocycles. The summed E-state index contributed by atoms with van der Waals surface area (Å²) in [4.78, 5) is 41.6. The van der Waals surface area contributed by atoms with Crippen LogP contribution in [0.2, 0.25) is 0 Å². The molecule has 0 aliphatic carbocycles. The second-order valence-electron chi connectivity index (χ2n) is 8.11. The summed E-state index contributed by atoms with van der Waals surface area (Å²) in [6.07, 6.45) is 2.52. The number of benzene rings is 1. The first-order chi connectivity index (χ1) is 14.3. The minimum atomic E-state index is -1.21. The number of rotatable bonds is 3. The summed E-state index contributed by atoms with van der Waals surface area (Å²) in [7, 11) is 0. The molecule has 2 N–H and O–H groups in total. The van der Waals surface area contributed by atoms with Crippen LogP contribution >= 0.6 is 0 Å². The molecule has 1 unspecified atom stereocenters. The van der Waals surface area contributed by atoms with Gasteiger partial charge in [-0.1, -0.05) is 6.07 Å². The van der Waals surface area contributed by atoms with E-state index in [9.17, 15) is 28.3 Å². The number of nitrogens with zero attached hydrogens (tertiary/aromatic N) is 2. The van der Waals surface area contributed by atoms with Crippen molar-refractivity contribution in [3.8, 4) is 0 Å². The third-order valence-electron chi connectivity index (χ3n) is 6.23. The Kier molecular flexibility index (Phi) is 5.21. The fourth-order valence-electron chi connectivity index (χ4n) is 4.49. The predicted molar refractivity (Wildman–Crippen MR) is 102 cm³/mol. The molecule has 0 aromatic heterocycles. The maximum atomic E-state index is 13.8. The van der Waals surface area contributed by atoms with Gasteiger partial charge in [-0.05, 0) is 32.3 Å². The SMILES string of the molecule is C[C@@H]1CCC[C@@H]2CN1C(=O)C1=C(O)C(=O)C(C(=O)NCc3ccc(F)cc3F)CN12. The predicted octanol–water partition coefficient (Wildman–Crippen LogP) is 1.63. The fraction of sp³-hybridized carbons (Fsp3) is 0.476. The van der Waals surface area contributed by atoms with E-state index in [-0.39, 0.29) is 36.4 Å². The van der Waals surface area contributed by atoms with Crippen LogP contribution in [0.25, 0.3) is 0 Å². The number of carbonyl (C=O) groups is 3. The van der Waals surface area contributed by atoms with Crippen molar-refractivity contribution in [1.29, 1.82) is 0 Å². The summed E-state index contributed by atoms with van der Waals surface area (Å²) in [5.74, 6) is -5.32. The van der Waals surface area contributed by atoms with Crippen molar-refractivity contribution in [2.75, 3.05) is 13.1 Å². The van der Waals surface area contributed by atoms with Gasteiger partial charge in [0.2, 0.25) is 11.7 Å². The van der Waals surface area contributed by atoms with Crippen LogP contribution in [0.4, 0.5) is 8.78 Å². The molecule has 0 radical (unpaired) electrons. The molecule has 9 heteroatoms. The minimum absolute atomic E-state index is 0.0193. The van der Waals surface area contributed by atoms with Crippen LogP contribution in [0.5, 0.6) is 0 Å². The number of hydrogen-bond acceptors (Lipinski definition) is 5. The number of piperazine rings is 1. The maximum absolute atomic E-state index is 13.8. The van der Waals surface area contributed by atoms with E-state index in [1.807, 2.05) is 6.92 Å². The lowest BCUT2D eigenvalue weighted by Gasteiger charge is -2.46. The standard InChI is InChI=1S/C21H23F2N3O4/c1-11-3-2-4-14-9-25(11)21(30)17-19(28)18(27)15(10-26(14)17)20(29)24-8-12-5-6-13(22)7-16(12)23/h5-7,11,14-15,28H,2-4,8-10H2,1H3,(H,24,29)/t11-,14-,15?/m1/s1. The first kappa shape index (κ1) is 20.3. The number of fused-ring (bicyclic) bond motifs is 4. The van der Waals surface area contributed by atoms with Gasteiger partial charge in [0, 0.05) is 43.3 Å². The molecule has 2 bridgehead atoms. The molecule has 2 amide bonds. The summed E-state index contributed by atoms with van der Waals surface area (Å²) in [6.45, 7) is 2.19. The number of carbonyl (C=O) groups excluding carboxylic acids is 3. The Morgan fingerprint density at radius 1 is 1.20 bits per heavy atom. The van der Waals surface area contributed by atoms with E-state index in [1.165, 1.54) is 6.07 Å². The van der Waals surface area contributed by atoms with Gasteiger partial charge >= 0.3 is 0 Å². The van der Waals surface area contributed by atoms with Crippen molar-refractivity contribution < 1.29 is 28.3 Å². The summed E-state index contributed by atoms with van der Waals surface area (Å²) in [5.41, 5.74) is 0.0497. The number of allylic oxidation sites excluding steroid dienone is 1. The van der Waals surface area contributed by atoms with E-state index >= 15 is 0 Å². The third-order valence-corrected chi connectivity index (χ3v) is 6.23. The van der Waals surface area contributed by atoms with Crippen LogP contribution in [-0.4, -0.2) is 57.7 Å². The van der Waals surface area contributed by atoms with Crippen molar-refractivity contribution >= 4 is 17.6 Å². The van der Waals surface area contributed by atoms with E-state index < -0.39 is 40.9 Å². The zero-order valence-electron chi connectivity index (χ0n) is 16.5. The van der Waals surface area contributed by atoms with Crippen LogP contribution in [0.15, 0.2) is 29.7 Å². The highest BCUT2D eigenvalue weighted by molar-refractivity contribution is 6.13. The largest absolute Gasteiger partial charge is 0.503 e. The lowest BCUT2D eigenvalue weighted by atomic mass is 9.91. The highest BCUT2D eigenvalue weighted by Crippen LogP contribution is 2.35. The van der Waals surface area contributed by atoms with Crippen molar-refractivity contribution in [3.05, 3.63) is 46.9 Å². The van der Waals surface area contributed by atoms with Crippen molar-refractivity contribution in [2.45, 2.75) is 44.8 Å². The Morgan fingerprint density at radius 2 is 1.97 bits per heavy atom. The van der Waals surface area contributed by atoms with Crippen LogP contribution in [0, 0.1) is 17.6 Å². The topological polar surface area (TPSA) is 90.0 Å². The lowest BCUT2D eigenvalue weighted by Crippen LogP contribution is -2.60. The van der Waals surface area contributed by atoms with E-state index in [1.54, 1.807) is 9.80 Å². The molecule has 160 valence electrons. The number of Topliss-reactive ketones (excluding diaryl/α,β-unsaturated/α-hetero) is 1. The molecular weight excluding hydrogens is 396 g/mol. The Hall–Kier alpha value is -2.97. The molecule has 0 saturated carbocycles. The van der Waals surface area contributed by atoms with Crippen molar-refractivity contribution in [3.63, 3.8) is 0 Å². The molecule has 3 aliphatic rings. The quantitative estimate of drug-likeness (QED) is 0.727. The Morgan fingerprint density at radius 3 is 2.70 bits per heavy atom. The average Bonchev–Trinajstić information content (AvgIpc) is 2.87. The number of aliphatic hydroxyl groups excluding tert-OH is 1. The van der Waals surface area contributed by atoms with Gasteiger partial charge in [0.05, 0.1) is 0 Å². The summed E-state index contributed by atoms with van der Waals surface area (Å²) in [5, 5.41) is 13.0. The molecule has 4 rings (SSSR count). The fourth-order valence-corrected chi connectivity index (χ4v) is 4.49. The van der Waals surface area contributed by atoms with Gasteiger partial charge in [-0.3, -0.25) is 14.4 Å². The second-order valence-corrected chi connectivity index (χ2v) is 8.11. The molecule has 1 aromatic rings. The normalized spacial score (nSPS) is 26.4. The smallest absolute Gasteiger partial charge is 0.274 e. The first-order valence-electron chi connectivity index (χ1n) is 10.0. The van der Waals surface area contributed by atoms with Gasteiger partial charge in [0.1, 0.15) is 23.2 Å². The van der Waals surface area contributed by atoms with E-state index in [2.05, 4.69) is 5.32 Å². The van der Waals surface area contributed by atoms with E-state index in [0.717, 1.165) is 25.3 Å². The van der Waals surface area contributed by atoms with Crippen molar-refractivity contribution in [1.82, 2.24) is 15.1 Å². The Balaban J connectivity index is 1.55. The number of hydrogen-bond donors (Lipinski definition) is 2. The number of ketones is 1. The highest BCUT2D eigenvalue weighted by Gasteiger charge is 2.48. The maximum Gasteiger partial charge on any atom is 0.274 e. The van der Waals surface area contributed by atoms with E-state index in [4.69, 9.17) is 0 Å². The molecule has 0 spiro atoms. The molecule has 3 aliphatic heterocycles. The number of amides is 2. The van der Waals surface area contributed by atoms with Crippen molar-refractivity contribution in [2.24, 2.45) is 5.92 Å². The van der Waals surface area contributed by atoms with Gasteiger partial charge in [-0.15, -0.1) is 0 Å². The molecule has 3 heterocycles. The van der Waals surface area contributed by atoms with Gasteiger partial charge in [0.25, 0.3) is 5.91 Å². The molecule has 2 fully saturated rings. The zero-order valence-corrected chi connectivity index (χ0v) is 16.5. The second kappa shape index (κ2) is 7.70. The monoisotopic (exact) mass is 419 g/mol. The first-order valence-corrected chi connectivity index (χ1v) is 10.0. The molecular formula is C21H23F2N3O4. The minimum Gasteiger partial charge on any atom is -0.503 e. The Labute approximate surface area is 172 Å². The Bertz CT molecular complexity index is 948. The number of nitrogens with one attached hydrogen (secondary N) is 1. The zero-order chi connectivity index (χ0) is 21.6. The summed E-state index contributed by atoms with van der Waals surface area (Å²) in [6, 6.07) is 2.95. The van der Waals surface area contributed by atoms with Crippen LogP contribution in [0.1, 0.15) is 31.7 Å². The molecule has 2 saturated heterocycles. The molecule has 7 nitrogen and oxygen atoms in total. The molecule has 3 atom stereocenters. The van der Waals surface area contributed by atoms with Gasteiger partial charge in [-0.25, -0.2) is 8.78 Å². The number of aliphatic hydroxyl groups is 1. The third kappa shape index (κ3) is 3.42. The van der Waals surface area contributed by atoms with Crippen LogP contribution in [0.3, 0.4) is 0 Å². The van der Waals surface area contributed by atoms with Gasteiger partial charge in [0.15, 0.2) is 5.76 Å². The average molecular weight is 419 g/mol. The number of halogens is 2. The van der Waals surface area contributed by atoms with E-state index in [0.29, 0.717) is 12.6 Å². The highest BCUT2D eigenvalue weighted by atomic mass is 19.1. The molecule has 30 heavy (non-hydrogen) atoms. The lowest BCUT2D eigenvalue weighted by molar-refractivity contribution is -0.143. The summed E-state index contributed by atoms with van der Waals surface area (Å²) >= 11 is 0.